The number of pyridine rings is 1. The molecule has 0 spiro atoms. The molecule has 2 aromatic rings. The highest BCUT2D eigenvalue weighted by Gasteiger charge is 1.91. The van der Waals surface area contributed by atoms with Crippen LogP contribution in [0.2, 0.25) is 0 Å². The lowest BCUT2D eigenvalue weighted by atomic mass is 10.1. The van der Waals surface area contributed by atoms with E-state index < -0.39 is 0 Å². The summed E-state index contributed by atoms with van der Waals surface area (Å²) in [5.41, 5.74) is 3.63. The summed E-state index contributed by atoms with van der Waals surface area (Å²) in [5.74, 6) is 0. The van der Waals surface area contributed by atoms with Crippen molar-refractivity contribution in [3.63, 3.8) is 0 Å². The number of hydrogen-bond acceptors (Lipinski definition) is 5. The van der Waals surface area contributed by atoms with Crippen LogP contribution in [0.15, 0.2) is 48.8 Å². The Kier molecular flexibility index (Phi) is 8.70. The predicted octanol–water partition coefficient (Wildman–Crippen LogP) is 1.96. The van der Waals surface area contributed by atoms with Gasteiger partial charge in [-0.1, -0.05) is 18.3 Å². The van der Waals surface area contributed by atoms with Crippen molar-refractivity contribution in [3.8, 4) is 6.11 Å². The first-order valence-corrected chi connectivity index (χ1v) is 6.33. The molecule has 6 nitrogen and oxygen atoms in total. The molecular weight excluding hydrogens is 284 g/mol. The largest absolute Gasteiger partial charge is 0.644 e. The van der Waals surface area contributed by atoms with Gasteiger partial charge in [0.15, 0.2) is 0 Å². The lowest BCUT2D eigenvalue weighted by Gasteiger charge is -1.96. The van der Waals surface area contributed by atoms with E-state index in [1.165, 1.54) is 22.9 Å². The summed E-state index contributed by atoms with van der Waals surface area (Å²) in [6.07, 6.45) is 15.0. The van der Waals surface area contributed by atoms with Gasteiger partial charge in [0.05, 0.1) is 7.05 Å². The highest BCUT2D eigenvalue weighted by atomic mass is 17.6. The molecule has 0 saturated carbocycles. The summed E-state index contributed by atoms with van der Waals surface area (Å²) in [7, 11) is 2.04. The van der Waals surface area contributed by atoms with E-state index in [1.54, 1.807) is 12.4 Å². The Hall–Kier alpha value is -2.69. The van der Waals surface area contributed by atoms with Gasteiger partial charge in [0.1, 0.15) is 5.69 Å². The van der Waals surface area contributed by atoms with Gasteiger partial charge in [0.25, 0.3) is 0 Å². The minimum absolute atomic E-state index is 1.17. The minimum Gasteiger partial charge on any atom is -0.644 e. The SMILES string of the molecule is C[NH2+]c1ccc(/C=C/c2ccncc2)cc1.[C-]#COOOO. The van der Waals surface area contributed by atoms with Crippen molar-refractivity contribution < 1.29 is 25.5 Å². The maximum Gasteiger partial charge on any atom is 0.129 e. The molecule has 22 heavy (non-hydrogen) atoms. The highest BCUT2D eigenvalue weighted by molar-refractivity contribution is 5.69. The van der Waals surface area contributed by atoms with Gasteiger partial charge < -0.3 is 11.7 Å². The Labute approximate surface area is 128 Å². The molecule has 1 aromatic carbocycles. The molecule has 0 fully saturated rings. The van der Waals surface area contributed by atoms with Gasteiger partial charge in [-0.15, -0.1) is 0 Å². The molecule has 0 aliphatic carbocycles. The molecule has 0 aliphatic heterocycles. The lowest BCUT2D eigenvalue weighted by Crippen LogP contribution is -2.72. The van der Waals surface area contributed by atoms with E-state index in [4.69, 9.17) is 11.7 Å². The molecule has 1 heterocycles. The molecule has 0 atom stereocenters. The van der Waals surface area contributed by atoms with Gasteiger partial charge in [-0.05, 0) is 52.6 Å². The molecule has 1 aromatic heterocycles. The normalized spacial score (nSPS) is 9.68. The zero-order valence-electron chi connectivity index (χ0n) is 12.0. The Morgan fingerprint density at radius 1 is 1.09 bits per heavy atom. The van der Waals surface area contributed by atoms with Crippen LogP contribution in [0.5, 0.6) is 0 Å². The van der Waals surface area contributed by atoms with Crippen molar-refractivity contribution in [1.29, 1.82) is 0 Å². The van der Waals surface area contributed by atoms with Crippen molar-refractivity contribution >= 4 is 17.8 Å². The second kappa shape index (κ2) is 11.0. The van der Waals surface area contributed by atoms with Gasteiger partial charge >= 0.3 is 0 Å². The highest BCUT2D eigenvalue weighted by Crippen LogP contribution is 2.09. The van der Waals surface area contributed by atoms with Crippen LogP contribution in [0.4, 0.5) is 5.69 Å². The third kappa shape index (κ3) is 7.19. The maximum absolute atomic E-state index is 7.23. The number of aromatic nitrogens is 1. The second-order valence-electron chi connectivity index (χ2n) is 3.90. The Morgan fingerprint density at radius 3 is 2.14 bits per heavy atom. The fourth-order valence-corrected chi connectivity index (χ4v) is 1.50. The Morgan fingerprint density at radius 2 is 1.68 bits per heavy atom. The summed E-state index contributed by atoms with van der Waals surface area (Å²) in [6.45, 7) is 0. The average Bonchev–Trinajstić information content (AvgIpc) is 2.60. The van der Waals surface area contributed by atoms with Crippen molar-refractivity contribution in [3.05, 3.63) is 66.3 Å². The van der Waals surface area contributed by atoms with E-state index in [9.17, 15) is 0 Å². The van der Waals surface area contributed by atoms with Crippen LogP contribution < -0.4 is 5.32 Å². The summed E-state index contributed by atoms with van der Waals surface area (Å²) in [6, 6.07) is 12.5. The van der Waals surface area contributed by atoms with E-state index >= 15 is 0 Å². The fraction of sp³-hybridized carbons (Fsp3) is 0.0625. The van der Waals surface area contributed by atoms with Gasteiger partial charge in [-0.25, -0.2) is 5.26 Å². The Bertz CT molecular complexity index is 592. The van der Waals surface area contributed by atoms with E-state index in [1.807, 2.05) is 19.2 Å². The zero-order chi connectivity index (χ0) is 16.0. The lowest BCUT2D eigenvalue weighted by molar-refractivity contribution is -0.605. The molecule has 3 N–H and O–H groups in total. The van der Waals surface area contributed by atoms with Crippen LogP contribution in [-0.2, 0) is 15.0 Å². The van der Waals surface area contributed by atoms with E-state index in [2.05, 4.69) is 61.7 Å². The second-order valence-corrected chi connectivity index (χ2v) is 3.90. The number of nitrogens with zero attached hydrogens (tertiary/aromatic N) is 1. The quantitative estimate of drug-likeness (QED) is 0.220. The van der Waals surface area contributed by atoms with Crippen LogP contribution in [-0.4, -0.2) is 17.3 Å². The summed E-state index contributed by atoms with van der Waals surface area (Å²) in [4.78, 5) is 7.41. The van der Waals surface area contributed by atoms with Crippen LogP contribution in [0.1, 0.15) is 11.1 Å². The number of rotatable bonds is 5. The molecular formula is C16H16N2O4. The van der Waals surface area contributed by atoms with Gasteiger partial charge in [0.2, 0.25) is 0 Å². The first kappa shape index (κ1) is 17.4. The summed E-state index contributed by atoms with van der Waals surface area (Å²) < 4.78 is 0. The number of quaternary nitrogens is 1. The molecule has 0 unspecified atom stereocenters. The first-order valence-electron chi connectivity index (χ1n) is 6.33. The molecule has 0 radical (unpaired) electrons. The van der Waals surface area contributed by atoms with Crippen LogP contribution in [0, 0.1) is 12.5 Å². The third-order valence-electron chi connectivity index (χ3n) is 2.55. The molecule has 0 saturated heterocycles. The van der Waals surface area contributed by atoms with Gasteiger partial charge in [-0.2, -0.15) is 0 Å². The number of benzene rings is 1. The minimum atomic E-state index is 1.17. The maximum atomic E-state index is 7.23. The zero-order valence-corrected chi connectivity index (χ0v) is 12.0. The topological polar surface area (TPSA) is 77.4 Å². The van der Waals surface area contributed by atoms with Crippen LogP contribution in [0.25, 0.3) is 12.2 Å². The van der Waals surface area contributed by atoms with Crippen LogP contribution in [0.3, 0.4) is 0 Å². The van der Waals surface area contributed by atoms with Gasteiger partial charge in [-0.3, -0.25) is 9.87 Å². The molecule has 114 valence electrons. The molecule has 0 aliphatic rings. The van der Waals surface area contributed by atoms with E-state index in [-0.39, 0.29) is 0 Å². The van der Waals surface area contributed by atoms with Crippen LogP contribution >= 0.6 is 0 Å². The predicted molar refractivity (Wildman–Crippen MR) is 80.1 cm³/mol. The molecule has 0 amide bonds. The van der Waals surface area contributed by atoms with Crippen molar-refractivity contribution in [2.75, 3.05) is 7.05 Å². The third-order valence-corrected chi connectivity index (χ3v) is 2.55. The van der Waals surface area contributed by atoms with E-state index in [0.29, 0.717) is 0 Å². The molecule has 2 rings (SSSR count). The smallest absolute Gasteiger partial charge is 0.129 e. The molecule has 0 bridgehead atoms. The summed E-state index contributed by atoms with van der Waals surface area (Å²) >= 11 is 0. The molecule has 6 heteroatoms. The standard InChI is InChI=1S/C14H14N2.C2HO4/c1-15-14-6-4-12(5-7-14)2-3-13-8-10-16-11-9-13;1-2-4-6-5-3/h2-11,15H,1H3;3H/q;-1/p+1/b3-2+;. The monoisotopic (exact) mass is 300 g/mol. The van der Waals surface area contributed by atoms with E-state index in [0.717, 1.165) is 0 Å². The average molecular weight is 300 g/mol. The Balaban J connectivity index is 0.000000346. The fourth-order valence-electron chi connectivity index (χ4n) is 1.50. The van der Waals surface area contributed by atoms with Crippen molar-refractivity contribution in [2.45, 2.75) is 0 Å². The summed E-state index contributed by atoms with van der Waals surface area (Å²) in [5, 5.41) is 15.4. The first-order chi connectivity index (χ1) is 10.8. The van der Waals surface area contributed by atoms with Crippen molar-refractivity contribution in [1.82, 2.24) is 4.98 Å². The number of nitrogens with two attached hydrogens (primary N) is 1. The van der Waals surface area contributed by atoms with Crippen molar-refractivity contribution in [2.24, 2.45) is 0 Å². The number of hydrogen-bond donors (Lipinski definition) is 2. The van der Waals surface area contributed by atoms with Gasteiger partial charge in [0, 0.05) is 17.4 Å².